The van der Waals surface area contributed by atoms with E-state index < -0.39 is 0 Å². The molecule has 0 unspecified atom stereocenters. The van der Waals surface area contributed by atoms with Crippen molar-refractivity contribution < 1.29 is 14.3 Å². The second-order valence-electron chi connectivity index (χ2n) is 3.65. The zero-order valence-electron chi connectivity index (χ0n) is 10.7. The molecule has 0 aromatic heterocycles. The normalized spacial score (nSPS) is 9.94. The van der Waals surface area contributed by atoms with Crippen LogP contribution in [0.25, 0.3) is 0 Å². The summed E-state index contributed by atoms with van der Waals surface area (Å²) in [6.07, 6.45) is 0.333. The summed E-state index contributed by atoms with van der Waals surface area (Å²) in [5.41, 5.74) is 0.885. The van der Waals surface area contributed by atoms with Crippen LogP contribution in [0.2, 0.25) is 0 Å². The molecule has 0 saturated heterocycles. The number of hydrogen-bond acceptors (Lipinski definition) is 3. The number of carbonyl (C=O) groups excluding carboxylic acids is 1. The predicted molar refractivity (Wildman–Crippen MR) is 71.6 cm³/mol. The highest BCUT2D eigenvalue weighted by Gasteiger charge is 2.08. The van der Waals surface area contributed by atoms with Gasteiger partial charge in [-0.3, -0.25) is 4.79 Å². The van der Waals surface area contributed by atoms with Crippen LogP contribution in [0.1, 0.15) is 12.5 Å². The number of amides is 1. The monoisotopic (exact) mass is 271 g/mol. The van der Waals surface area contributed by atoms with Gasteiger partial charge in [-0.1, -0.05) is 6.07 Å². The van der Waals surface area contributed by atoms with Crippen molar-refractivity contribution in [1.82, 2.24) is 5.32 Å². The van der Waals surface area contributed by atoms with Gasteiger partial charge in [0.2, 0.25) is 5.91 Å². The van der Waals surface area contributed by atoms with Crippen molar-refractivity contribution in [2.24, 2.45) is 0 Å². The molecule has 4 nitrogen and oxygen atoms in total. The Morgan fingerprint density at radius 2 is 2.17 bits per heavy atom. The Hall–Kier alpha value is -1.42. The maximum absolute atomic E-state index is 11.5. The second kappa shape index (κ2) is 7.82. The summed E-state index contributed by atoms with van der Waals surface area (Å²) in [4.78, 5) is 11.5. The summed E-state index contributed by atoms with van der Waals surface area (Å²) in [7, 11) is 1.57. The number of hydrogen-bond donors (Lipinski definition) is 1. The summed E-state index contributed by atoms with van der Waals surface area (Å²) in [6, 6.07) is 5.44. The standard InChI is InChI=1S/C13H18ClNO3/c1-3-15-13(16)9-10-4-5-11(18-7-6-14)12(8-10)17-2/h4-5,8H,3,6-7,9H2,1-2H3,(H,15,16). The fraction of sp³-hybridized carbons (Fsp3) is 0.462. The molecule has 1 aromatic rings. The number of benzene rings is 1. The molecular formula is C13H18ClNO3. The van der Waals surface area contributed by atoms with Gasteiger partial charge in [0.15, 0.2) is 11.5 Å². The van der Waals surface area contributed by atoms with Crippen molar-refractivity contribution in [3.8, 4) is 11.5 Å². The Morgan fingerprint density at radius 3 is 2.78 bits per heavy atom. The molecule has 100 valence electrons. The fourth-order valence-electron chi connectivity index (χ4n) is 1.53. The van der Waals surface area contributed by atoms with Gasteiger partial charge in [0.1, 0.15) is 6.61 Å². The average Bonchev–Trinajstić information content (AvgIpc) is 2.37. The molecule has 0 radical (unpaired) electrons. The molecule has 5 heteroatoms. The van der Waals surface area contributed by atoms with Crippen LogP contribution in [-0.4, -0.2) is 32.0 Å². The van der Waals surface area contributed by atoms with Crippen molar-refractivity contribution in [3.63, 3.8) is 0 Å². The number of methoxy groups -OCH3 is 1. The summed E-state index contributed by atoms with van der Waals surface area (Å²) in [5, 5.41) is 2.75. The van der Waals surface area contributed by atoms with Crippen molar-refractivity contribution >= 4 is 17.5 Å². The quantitative estimate of drug-likeness (QED) is 0.772. The smallest absolute Gasteiger partial charge is 0.224 e. The Labute approximate surface area is 112 Å². The maximum atomic E-state index is 11.5. The van der Waals surface area contributed by atoms with Crippen LogP contribution in [0.3, 0.4) is 0 Å². The van der Waals surface area contributed by atoms with Crippen LogP contribution in [0.4, 0.5) is 0 Å². The first kappa shape index (κ1) is 14.6. The first-order valence-corrected chi connectivity index (χ1v) is 6.37. The third-order valence-corrected chi connectivity index (χ3v) is 2.46. The van der Waals surface area contributed by atoms with Crippen LogP contribution >= 0.6 is 11.6 Å². The Kier molecular flexibility index (Phi) is 6.36. The minimum atomic E-state index is -0.00557. The Bertz CT molecular complexity index is 396. The molecule has 1 amide bonds. The number of alkyl halides is 1. The number of likely N-dealkylation sites (N-methyl/N-ethyl adjacent to an activating group) is 1. The number of nitrogens with one attached hydrogen (secondary N) is 1. The highest BCUT2D eigenvalue weighted by Crippen LogP contribution is 2.28. The van der Waals surface area contributed by atoms with Crippen molar-refractivity contribution in [1.29, 1.82) is 0 Å². The molecule has 0 aliphatic heterocycles. The summed E-state index contributed by atoms with van der Waals surface area (Å²) in [5.74, 6) is 1.66. The maximum Gasteiger partial charge on any atom is 0.224 e. The molecule has 18 heavy (non-hydrogen) atoms. The van der Waals surface area contributed by atoms with Crippen LogP contribution in [0.5, 0.6) is 11.5 Å². The minimum absolute atomic E-state index is 0.00557. The Balaban J connectivity index is 2.74. The van der Waals surface area contributed by atoms with Crippen LogP contribution in [-0.2, 0) is 11.2 Å². The molecule has 0 fully saturated rings. The van der Waals surface area contributed by atoms with Gasteiger partial charge in [-0.25, -0.2) is 0 Å². The summed E-state index contributed by atoms with van der Waals surface area (Å²) < 4.78 is 10.7. The molecule has 0 aliphatic carbocycles. The van der Waals surface area contributed by atoms with Gasteiger partial charge in [0, 0.05) is 6.54 Å². The van der Waals surface area contributed by atoms with E-state index in [0.29, 0.717) is 37.0 Å². The van der Waals surface area contributed by atoms with E-state index in [2.05, 4.69) is 5.32 Å². The number of halogens is 1. The van der Waals surface area contributed by atoms with Crippen LogP contribution < -0.4 is 14.8 Å². The van der Waals surface area contributed by atoms with Crippen molar-refractivity contribution in [2.45, 2.75) is 13.3 Å². The lowest BCUT2D eigenvalue weighted by Gasteiger charge is -2.11. The van der Waals surface area contributed by atoms with Gasteiger partial charge in [0.25, 0.3) is 0 Å². The van der Waals surface area contributed by atoms with Crippen molar-refractivity contribution in [3.05, 3.63) is 23.8 Å². The molecule has 0 aliphatic rings. The highest BCUT2D eigenvalue weighted by molar-refractivity contribution is 6.18. The number of rotatable bonds is 7. The summed E-state index contributed by atoms with van der Waals surface area (Å²) >= 11 is 5.56. The third kappa shape index (κ3) is 4.45. The van der Waals surface area contributed by atoms with Gasteiger partial charge >= 0.3 is 0 Å². The molecule has 0 atom stereocenters. The molecule has 0 bridgehead atoms. The zero-order valence-corrected chi connectivity index (χ0v) is 11.4. The van der Waals surface area contributed by atoms with E-state index in [1.54, 1.807) is 19.2 Å². The average molecular weight is 272 g/mol. The Morgan fingerprint density at radius 1 is 1.39 bits per heavy atom. The third-order valence-electron chi connectivity index (χ3n) is 2.30. The van der Waals surface area contributed by atoms with Gasteiger partial charge in [0.05, 0.1) is 19.4 Å². The molecule has 1 aromatic carbocycles. The highest BCUT2D eigenvalue weighted by atomic mass is 35.5. The fourth-order valence-corrected chi connectivity index (χ4v) is 1.61. The van der Waals surface area contributed by atoms with Crippen LogP contribution in [0, 0.1) is 0 Å². The number of carbonyl (C=O) groups is 1. The zero-order chi connectivity index (χ0) is 13.4. The second-order valence-corrected chi connectivity index (χ2v) is 4.03. The van der Waals surface area contributed by atoms with E-state index in [0.717, 1.165) is 5.56 Å². The lowest BCUT2D eigenvalue weighted by molar-refractivity contribution is -0.120. The first-order chi connectivity index (χ1) is 8.71. The molecular weight excluding hydrogens is 254 g/mol. The lowest BCUT2D eigenvalue weighted by Crippen LogP contribution is -2.24. The lowest BCUT2D eigenvalue weighted by atomic mass is 10.1. The van der Waals surface area contributed by atoms with E-state index >= 15 is 0 Å². The van der Waals surface area contributed by atoms with E-state index in [1.165, 1.54) is 0 Å². The van der Waals surface area contributed by atoms with Gasteiger partial charge in [-0.05, 0) is 24.6 Å². The summed E-state index contributed by atoms with van der Waals surface area (Å²) in [6.45, 7) is 2.95. The largest absolute Gasteiger partial charge is 0.493 e. The topological polar surface area (TPSA) is 47.6 Å². The predicted octanol–water partition coefficient (Wildman–Crippen LogP) is 1.99. The molecule has 0 saturated carbocycles. The first-order valence-electron chi connectivity index (χ1n) is 5.83. The minimum Gasteiger partial charge on any atom is -0.493 e. The molecule has 0 heterocycles. The van der Waals surface area contributed by atoms with E-state index in [9.17, 15) is 4.79 Å². The van der Waals surface area contributed by atoms with Crippen molar-refractivity contribution in [2.75, 3.05) is 26.1 Å². The van der Waals surface area contributed by atoms with E-state index in [1.807, 2.05) is 13.0 Å². The van der Waals surface area contributed by atoms with Crippen LogP contribution in [0.15, 0.2) is 18.2 Å². The molecule has 1 rings (SSSR count). The van der Waals surface area contributed by atoms with E-state index in [4.69, 9.17) is 21.1 Å². The molecule has 1 N–H and O–H groups in total. The van der Waals surface area contributed by atoms with Gasteiger partial charge < -0.3 is 14.8 Å². The van der Waals surface area contributed by atoms with E-state index in [-0.39, 0.29) is 5.91 Å². The molecule has 0 spiro atoms. The number of ether oxygens (including phenoxy) is 2. The SMILES string of the molecule is CCNC(=O)Cc1ccc(OCCCl)c(OC)c1. The van der Waals surface area contributed by atoms with Gasteiger partial charge in [-0.15, -0.1) is 11.6 Å². The van der Waals surface area contributed by atoms with Gasteiger partial charge in [-0.2, -0.15) is 0 Å².